The van der Waals surface area contributed by atoms with Gasteiger partial charge >= 0.3 is 0 Å². The number of hydrogen-bond acceptors (Lipinski definition) is 3. The molecule has 6 heteroatoms. The number of nitrogens with one attached hydrogen (secondary N) is 2. The summed E-state index contributed by atoms with van der Waals surface area (Å²) in [6.45, 7) is 0.765. The number of amides is 1. The first-order chi connectivity index (χ1) is 11.0. The van der Waals surface area contributed by atoms with Gasteiger partial charge < -0.3 is 10.3 Å². The van der Waals surface area contributed by atoms with Gasteiger partial charge in [-0.15, -0.1) is 0 Å². The quantitative estimate of drug-likeness (QED) is 0.847. The van der Waals surface area contributed by atoms with Gasteiger partial charge in [0, 0.05) is 19.2 Å². The van der Waals surface area contributed by atoms with Crippen LogP contribution < -0.4 is 10.9 Å². The summed E-state index contributed by atoms with van der Waals surface area (Å²) in [5.41, 5.74) is 1.39. The Balaban J connectivity index is 1.59. The molecular formula is C17H19N3O2S. The molecule has 0 unspecified atom stereocenters. The van der Waals surface area contributed by atoms with Crippen molar-refractivity contribution in [2.24, 2.45) is 18.4 Å². The fraction of sp³-hybridized carbons (Fsp3) is 0.471. The van der Waals surface area contributed by atoms with E-state index in [4.69, 9.17) is 12.2 Å². The van der Waals surface area contributed by atoms with Crippen LogP contribution in [0.2, 0.25) is 0 Å². The molecule has 4 rings (SSSR count). The molecule has 0 saturated heterocycles. The molecule has 1 amide bonds. The number of aromatic nitrogens is 2. The first-order valence-corrected chi connectivity index (χ1v) is 8.42. The monoisotopic (exact) mass is 329 g/mol. The van der Waals surface area contributed by atoms with E-state index in [2.05, 4.69) is 10.3 Å². The zero-order chi connectivity index (χ0) is 16.2. The molecule has 0 radical (unpaired) electrons. The van der Waals surface area contributed by atoms with E-state index in [0.717, 1.165) is 12.5 Å². The minimum absolute atomic E-state index is 0.0844. The maximum Gasteiger partial charge on any atom is 0.261 e. The number of rotatable bonds is 4. The normalized spacial score (nSPS) is 18.8. The summed E-state index contributed by atoms with van der Waals surface area (Å²) in [4.78, 5) is 27.6. The van der Waals surface area contributed by atoms with E-state index in [1.165, 1.54) is 30.3 Å². The Kier molecular flexibility index (Phi) is 3.20. The van der Waals surface area contributed by atoms with Crippen LogP contribution in [0.25, 0.3) is 10.9 Å². The Morgan fingerprint density at radius 2 is 2.17 bits per heavy atom. The van der Waals surface area contributed by atoms with Gasteiger partial charge in [0.2, 0.25) is 0 Å². The van der Waals surface area contributed by atoms with E-state index < -0.39 is 0 Å². The highest BCUT2D eigenvalue weighted by molar-refractivity contribution is 7.71. The summed E-state index contributed by atoms with van der Waals surface area (Å²) in [5.74, 6) is 0.734. The minimum atomic E-state index is -0.152. The summed E-state index contributed by atoms with van der Waals surface area (Å²) in [5, 5.41) is 3.60. The van der Waals surface area contributed by atoms with Crippen molar-refractivity contribution in [2.45, 2.75) is 25.7 Å². The Bertz CT molecular complexity index is 920. The number of benzene rings is 1. The highest BCUT2D eigenvalue weighted by Crippen LogP contribution is 2.60. The number of carbonyl (C=O) groups is 1. The average Bonchev–Trinajstić information content (AvgIpc) is 3.42. The summed E-state index contributed by atoms with van der Waals surface area (Å²) >= 11 is 5.13. The van der Waals surface area contributed by atoms with Crippen molar-refractivity contribution in [3.8, 4) is 0 Å². The van der Waals surface area contributed by atoms with E-state index in [9.17, 15) is 9.59 Å². The fourth-order valence-corrected chi connectivity index (χ4v) is 3.58. The molecular weight excluding hydrogens is 310 g/mol. The van der Waals surface area contributed by atoms with E-state index in [-0.39, 0.29) is 11.5 Å². The first kappa shape index (κ1) is 14.6. The first-order valence-electron chi connectivity index (χ1n) is 8.01. The van der Waals surface area contributed by atoms with Gasteiger partial charge in [-0.2, -0.15) is 0 Å². The lowest BCUT2D eigenvalue weighted by Gasteiger charge is -2.15. The minimum Gasteiger partial charge on any atom is -0.351 e. The third kappa shape index (κ3) is 2.51. The Labute approximate surface area is 138 Å². The molecule has 2 N–H and O–H groups in total. The Hall–Kier alpha value is -1.95. The summed E-state index contributed by atoms with van der Waals surface area (Å²) in [6, 6.07) is 5.09. The molecule has 0 atom stereocenters. The van der Waals surface area contributed by atoms with Gasteiger partial charge in [-0.3, -0.25) is 14.2 Å². The van der Waals surface area contributed by atoms with Crippen LogP contribution in [0.15, 0.2) is 23.0 Å². The fourth-order valence-electron chi connectivity index (χ4n) is 3.39. The van der Waals surface area contributed by atoms with Crippen LogP contribution >= 0.6 is 12.2 Å². The Morgan fingerprint density at radius 1 is 1.43 bits per heavy atom. The molecule has 2 fully saturated rings. The van der Waals surface area contributed by atoms with Gasteiger partial charge in [0.1, 0.15) is 0 Å². The van der Waals surface area contributed by atoms with Crippen LogP contribution in [0, 0.1) is 16.1 Å². The third-order valence-corrected chi connectivity index (χ3v) is 5.68. The highest BCUT2D eigenvalue weighted by atomic mass is 32.1. The predicted octanol–water partition coefficient (Wildman–Crippen LogP) is 2.52. The second-order valence-corrected chi connectivity index (χ2v) is 7.26. The van der Waals surface area contributed by atoms with Gasteiger partial charge in [0.05, 0.1) is 10.9 Å². The number of aromatic amines is 1. The van der Waals surface area contributed by atoms with Crippen LogP contribution in [0.3, 0.4) is 0 Å². The number of hydrogen-bond donors (Lipinski definition) is 2. The van der Waals surface area contributed by atoms with Gasteiger partial charge in [0.25, 0.3) is 11.5 Å². The average molecular weight is 329 g/mol. The lowest BCUT2D eigenvalue weighted by molar-refractivity contribution is 0.0942. The molecule has 0 bridgehead atoms. The number of nitrogens with zero attached hydrogens (tertiary/aromatic N) is 1. The topological polar surface area (TPSA) is 66.9 Å². The SMILES string of the molecule is Cn1c(=S)[nH]c2cc(C(=O)NCC3(C4CC4)CC3)ccc2c1=O. The molecule has 2 aliphatic carbocycles. The van der Waals surface area contributed by atoms with Crippen molar-refractivity contribution >= 4 is 29.0 Å². The van der Waals surface area contributed by atoms with Crippen LogP contribution in [0.5, 0.6) is 0 Å². The van der Waals surface area contributed by atoms with Crippen molar-refractivity contribution in [1.29, 1.82) is 0 Å². The molecule has 2 saturated carbocycles. The van der Waals surface area contributed by atoms with Crippen molar-refractivity contribution in [2.75, 3.05) is 6.54 Å². The lowest BCUT2D eigenvalue weighted by atomic mass is 10.0. The van der Waals surface area contributed by atoms with Gasteiger partial charge in [0.15, 0.2) is 4.77 Å². The van der Waals surface area contributed by atoms with Crippen LogP contribution in [-0.2, 0) is 7.05 Å². The second-order valence-electron chi connectivity index (χ2n) is 6.87. The van der Waals surface area contributed by atoms with Crippen molar-refractivity contribution in [1.82, 2.24) is 14.9 Å². The summed E-state index contributed by atoms with van der Waals surface area (Å²) in [6.07, 6.45) is 5.09. The second kappa shape index (κ2) is 5.03. The van der Waals surface area contributed by atoms with E-state index in [1.54, 1.807) is 25.2 Å². The standard InChI is InChI=1S/C17H19N3O2S/c1-20-15(22)12-5-2-10(8-13(12)19-16(20)23)14(21)18-9-17(6-7-17)11-3-4-11/h2,5,8,11H,3-4,6-7,9H2,1H3,(H,18,21)(H,19,23). The molecule has 1 aromatic heterocycles. The number of carbonyl (C=O) groups excluding carboxylic acids is 1. The summed E-state index contributed by atoms with van der Waals surface area (Å²) in [7, 11) is 1.63. The predicted molar refractivity (Wildman–Crippen MR) is 91.1 cm³/mol. The van der Waals surface area contributed by atoms with E-state index in [1.807, 2.05) is 0 Å². The molecule has 0 spiro atoms. The molecule has 23 heavy (non-hydrogen) atoms. The van der Waals surface area contributed by atoms with Crippen molar-refractivity contribution < 1.29 is 4.79 Å². The maximum atomic E-state index is 12.4. The zero-order valence-corrected chi connectivity index (χ0v) is 13.8. The van der Waals surface area contributed by atoms with Crippen LogP contribution in [-0.4, -0.2) is 22.0 Å². The van der Waals surface area contributed by atoms with Crippen LogP contribution in [0.1, 0.15) is 36.0 Å². The molecule has 2 aliphatic rings. The summed E-state index contributed by atoms with van der Waals surface area (Å²) < 4.78 is 1.75. The van der Waals surface area contributed by atoms with Crippen molar-refractivity contribution in [3.05, 3.63) is 38.9 Å². The molecule has 1 heterocycles. The Morgan fingerprint density at radius 3 is 2.83 bits per heavy atom. The van der Waals surface area contributed by atoms with Gasteiger partial charge in [-0.05, 0) is 67.4 Å². The molecule has 120 valence electrons. The lowest BCUT2D eigenvalue weighted by Crippen LogP contribution is -2.31. The number of H-pyrrole nitrogens is 1. The molecule has 1 aromatic carbocycles. The van der Waals surface area contributed by atoms with E-state index in [0.29, 0.717) is 26.7 Å². The van der Waals surface area contributed by atoms with Crippen LogP contribution in [0.4, 0.5) is 0 Å². The molecule has 5 nitrogen and oxygen atoms in total. The maximum absolute atomic E-state index is 12.4. The third-order valence-electron chi connectivity index (χ3n) is 5.30. The van der Waals surface area contributed by atoms with Crippen molar-refractivity contribution in [3.63, 3.8) is 0 Å². The van der Waals surface area contributed by atoms with Gasteiger partial charge in [-0.25, -0.2) is 0 Å². The smallest absolute Gasteiger partial charge is 0.261 e. The van der Waals surface area contributed by atoms with E-state index >= 15 is 0 Å². The highest BCUT2D eigenvalue weighted by Gasteiger charge is 2.53. The zero-order valence-electron chi connectivity index (χ0n) is 13.0. The molecule has 2 aromatic rings. The largest absolute Gasteiger partial charge is 0.351 e. The molecule has 0 aliphatic heterocycles. The number of fused-ring (bicyclic) bond motifs is 1. The van der Waals surface area contributed by atoms with Gasteiger partial charge in [-0.1, -0.05) is 0 Å².